The van der Waals surface area contributed by atoms with Gasteiger partial charge in [-0.2, -0.15) is 0 Å². The SMILES string of the molecule is Fc1ccc(NC(=S)Nc2ccccc2I)c(F)c1. The summed E-state index contributed by atoms with van der Waals surface area (Å²) in [7, 11) is 0. The van der Waals surface area contributed by atoms with Crippen LogP contribution >= 0.6 is 34.8 Å². The molecule has 0 fully saturated rings. The van der Waals surface area contributed by atoms with Gasteiger partial charge in [-0.15, -0.1) is 0 Å². The fourth-order valence-electron chi connectivity index (χ4n) is 1.43. The van der Waals surface area contributed by atoms with Crippen LogP contribution in [0.25, 0.3) is 0 Å². The van der Waals surface area contributed by atoms with Crippen LogP contribution in [0.15, 0.2) is 42.5 Å². The molecular formula is C13H9F2IN2S. The second-order valence-electron chi connectivity index (χ2n) is 3.68. The Hall–Kier alpha value is -1.28. The van der Waals surface area contributed by atoms with Crippen molar-refractivity contribution in [3.63, 3.8) is 0 Å². The van der Waals surface area contributed by atoms with E-state index in [0.29, 0.717) is 0 Å². The van der Waals surface area contributed by atoms with Gasteiger partial charge in [0.05, 0.1) is 11.4 Å². The third-order valence-electron chi connectivity index (χ3n) is 2.30. The first kappa shape index (κ1) is 14.1. The fraction of sp³-hybridized carbons (Fsp3) is 0. The van der Waals surface area contributed by atoms with Gasteiger partial charge in [-0.3, -0.25) is 0 Å². The Labute approximate surface area is 128 Å². The standard InChI is InChI=1S/C13H9F2IN2S/c14-8-5-6-11(9(15)7-8)17-13(19)18-12-4-2-1-3-10(12)16/h1-7H,(H2,17,18,19). The molecule has 0 saturated heterocycles. The van der Waals surface area contributed by atoms with E-state index in [2.05, 4.69) is 33.2 Å². The summed E-state index contributed by atoms with van der Waals surface area (Å²) in [5.74, 6) is -1.31. The normalized spacial score (nSPS) is 10.1. The molecule has 0 amide bonds. The molecule has 0 aromatic heterocycles. The maximum absolute atomic E-state index is 13.4. The first-order valence-electron chi connectivity index (χ1n) is 5.34. The number of nitrogens with one attached hydrogen (secondary N) is 2. The maximum Gasteiger partial charge on any atom is 0.175 e. The van der Waals surface area contributed by atoms with Gasteiger partial charge in [0.2, 0.25) is 0 Å². The molecule has 0 atom stereocenters. The van der Waals surface area contributed by atoms with E-state index in [0.717, 1.165) is 15.3 Å². The lowest BCUT2D eigenvalue weighted by Crippen LogP contribution is -2.20. The van der Waals surface area contributed by atoms with Crippen LogP contribution in [0.3, 0.4) is 0 Å². The minimum atomic E-state index is -0.688. The lowest BCUT2D eigenvalue weighted by Gasteiger charge is -2.12. The quantitative estimate of drug-likeness (QED) is 0.588. The number of benzene rings is 2. The predicted molar refractivity (Wildman–Crippen MR) is 85.4 cm³/mol. The molecule has 0 heterocycles. The molecule has 0 bridgehead atoms. The van der Waals surface area contributed by atoms with Gasteiger partial charge in [-0.25, -0.2) is 8.78 Å². The van der Waals surface area contributed by atoms with Crippen LogP contribution in [0.4, 0.5) is 20.2 Å². The van der Waals surface area contributed by atoms with Crippen molar-refractivity contribution in [2.75, 3.05) is 10.6 Å². The first-order valence-corrected chi connectivity index (χ1v) is 6.82. The zero-order valence-electron chi connectivity index (χ0n) is 9.58. The molecule has 2 aromatic rings. The third kappa shape index (κ3) is 3.84. The summed E-state index contributed by atoms with van der Waals surface area (Å²) in [6, 6.07) is 10.8. The van der Waals surface area contributed by atoms with Crippen molar-refractivity contribution < 1.29 is 8.78 Å². The highest BCUT2D eigenvalue weighted by Crippen LogP contribution is 2.19. The molecule has 19 heavy (non-hydrogen) atoms. The Balaban J connectivity index is 2.08. The summed E-state index contributed by atoms with van der Waals surface area (Å²) in [6.45, 7) is 0. The summed E-state index contributed by atoms with van der Waals surface area (Å²) >= 11 is 7.25. The van der Waals surface area contributed by atoms with Gasteiger partial charge < -0.3 is 10.6 Å². The first-order chi connectivity index (χ1) is 9.06. The molecule has 2 rings (SSSR count). The summed E-state index contributed by atoms with van der Waals surface area (Å²) in [4.78, 5) is 0. The van der Waals surface area contributed by atoms with Crippen LogP contribution in [-0.4, -0.2) is 5.11 Å². The van der Waals surface area contributed by atoms with Crippen LogP contribution in [0, 0.1) is 15.2 Å². The second kappa shape index (κ2) is 6.25. The molecular weight excluding hydrogens is 381 g/mol. The Bertz CT molecular complexity index is 619. The average Bonchev–Trinajstić information content (AvgIpc) is 2.36. The Morgan fingerprint density at radius 1 is 1.00 bits per heavy atom. The zero-order chi connectivity index (χ0) is 13.8. The number of rotatable bonds is 2. The van der Waals surface area contributed by atoms with Crippen molar-refractivity contribution >= 4 is 51.3 Å². The molecule has 0 unspecified atom stereocenters. The van der Waals surface area contributed by atoms with E-state index in [1.807, 2.05) is 24.3 Å². The highest BCUT2D eigenvalue weighted by atomic mass is 127. The number of thiocarbonyl (C=S) groups is 1. The summed E-state index contributed by atoms with van der Waals surface area (Å²) in [5, 5.41) is 5.89. The van der Waals surface area contributed by atoms with Crippen molar-refractivity contribution in [1.82, 2.24) is 0 Å². The Kier molecular flexibility index (Phi) is 4.65. The van der Waals surface area contributed by atoms with Crippen LogP contribution in [0.5, 0.6) is 0 Å². The lowest BCUT2D eigenvalue weighted by molar-refractivity contribution is 0.586. The summed E-state index contributed by atoms with van der Waals surface area (Å²) in [6.07, 6.45) is 0. The topological polar surface area (TPSA) is 24.1 Å². The Morgan fingerprint density at radius 2 is 1.68 bits per heavy atom. The summed E-state index contributed by atoms with van der Waals surface area (Å²) < 4.78 is 27.2. The molecule has 0 aliphatic heterocycles. The third-order valence-corrected chi connectivity index (χ3v) is 3.45. The predicted octanol–water partition coefficient (Wildman–Crippen LogP) is 4.38. The minimum Gasteiger partial charge on any atom is -0.332 e. The molecule has 2 aromatic carbocycles. The van der Waals surface area contributed by atoms with Gasteiger partial charge in [-0.05, 0) is 59.1 Å². The van der Waals surface area contributed by atoms with E-state index in [1.54, 1.807) is 0 Å². The smallest absolute Gasteiger partial charge is 0.175 e. The average molecular weight is 390 g/mol. The van der Waals surface area contributed by atoms with Crippen LogP contribution in [0.1, 0.15) is 0 Å². The van der Waals surface area contributed by atoms with Gasteiger partial charge in [0.15, 0.2) is 5.11 Å². The molecule has 2 nitrogen and oxygen atoms in total. The van der Waals surface area contributed by atoms with Gasteiger partial charge in [0.25, 0.3) is 0 Å². The molecule has 0 aliphatic rings. The van der Waals surface area contributed by atoms with E-state index in [-0.39, 0.29) is 10.8 Å². The lowest BCUT2D eigenvalue weighted by atomic mass is 10.3. The monoisotopic (exact) mass is 390 g/mol. The number of anilines is 2. The molecule has 0 saturated carbocycles. The number of para-hydroxylation sites is 1. The van der Waals surface area contributed by atoms with Crippen LogP contribution < -0.4 is 10.6 Å². The van der Waals surface area contributed by atoms with Crippen molar-refractivity contribution in [2.24, 2.45) is 0 Å². The fourth-order valence-corrected chi connectivity index (χ4v) is 2.17. The maximum atomic E-state index is 13.4. The molecule has 6 heteroatoms. The van der Waals surface area contributed by atoms with Crippen LogP contribution in [0.2, 0.25) is 0 Å². The van der Waals surface area contributed by atoms with E-state index >= 15 is 0 Å². The van der Waals surface area contributed by atoms with Crippen molar-refractivity contribution in [1.29, 1.82) is 0 Å². The zero-order valence-corrected chi connectivity index (χ0v) is 12.6. The highest BCUT2D eigenvalue weighted by Gasteiger charge is 2.06. The van der Waals surface area contributed by atoms with Gasteiger partial charge in [0.1, 0.15) is 11.6 Å². The van der Waals surface area contributed by atoms with E-state index < -0.39 is 11.6 Å². The van der Waals surface area contributed by atoms with Gasteiger partial charge in [0, 0.05) is 9.64 Å². The van der Waals surface area contributed by atoms with E-state index in [9.17, 15) is 8.78 Å². The largest absolute Gasteiger partial charge is 0.332 e. The minimum absolute atomic E-state index is 0.129. The van der Waals surface area contributed by atoms with Gasteiger partial charge in [-0.1, -0.05) is 12.1 Å². The second-order valence-corrected chi connectivity index (χ2v) is 5.25. The van der Waals surface area contributed by atoms with E-state index in [1.165, 1.54) is 12.1 Å². The number of halogens is 3. The highest BCUT2D eigenvalue weighted by molar-refractivity contribution is 14.1. The molecule has 0 radical (unpaired) electrons. The van der Waals surface area contributed by atoms with Crippen molar-refractivity contribution in [2.45, 2.75) is 0 Å². The molecule has 98 valence electrons. The molecule has 0 aliphatic carbocycles. The molecule has 2 N–H and O–H groups in total. The van der Waals surface area contributed by atoms with E-state index in [4.69, 9.17) is 12.2 Å². The van der Waals surface area contributed by atoms with Gasteiger partial charge >= 0.3 is 0 Å². The van der Waals surface area contributed by atoms with Crippen molar-refractivity contribution in [3.8, 4) is 0 Å². The van der Waals surface area contributed by atoms with Crippen molar-refractivity contribution in [3.05, 3.63) is 57.7 Å². The Morgan fingerprint density at radius 3 is 2.37 bits per heavy atom. The number of hydrogen-bond acceptors (Lipinski definition) is 1. The summed E-state index contributed by atoms with van der Waals surface area (Å²) in [5.41, 5.74) is 0.952. The number of hydrogen-bond donors (Lipinski definition) is 2. The molecule has 0 spiro atoms. The van der Waals surface area contributed by atoms with Crippen LogP contribution in [-0.2, 0) is 0 Å².